The Bertz CT molecular complexity index is 1200. The molecule has 4 rings (SSSR count). The summed E-state index contributed by atoms with van der Waals surface area (Å²) < 4.78 is 43.0. The Morgan fingerprint density at radius 2 is 1.87 bits per heavy atom. The summed E-state index contributed by atoms with van der Waals surface area (Å²) in [5, 5.41) is 5.56. The second-order valence-corrected chi connectivity index (χ2v) is 9.12. The summed E-state index contributed by atoms with van der Waals surface area (Å²) in [6, 6.07) is 16.8. The second-order valence-electron chi connectivity index (χ2n) is 7.18. The van der Waals surface area contributed by atoms with Crippen molar-refractivity contribution in [2.24, 2.45) is 5.14 Å². The first-order chi connectivity index (χ1) is 14.3. The fraction of sp³-hybridized carbons (Fsp3) is 0.182. The normalized spacial score (nSPS) is 14.4. The van der Waals surface area contributed by atoms with E-state index in [1.165, 1.54) is 18.2 Å². The van der Waals surface area contributed by atoms with Crippen molar-refractivity contribution in [1.82, 2.24) is 4.90 Å². The third kappa shape index (κ3) is 4.49. The lowest BCUT2D eigenvalue weighted by atomic mass is 9.99. The minimum Gasteiger partial charge on any atom is -0.455 e. The van der Waals surface area contributed by atoms with Crippen LogP contribution in [-0.4, -0.2) is 19.9 Å². The standard InChI is InChI=1S/C22H20ClFN2O3S/c23-19-12-17(24)8-9-21(19)29-20-6-2-1-4-16(20)14-26-11-10-18-15(13-26)5-3-7-22(18)30(25,27)28/h1-9,12H,10-11,13-14H2,(H2,25,27,28). The summed E-state index contributed by atoms with van der Waals surface area (Å²) in [6.07, 6.45) is 0.592. The Balaban J connectivity index is 1.55. The number of nitrogens with two attached hydrogens (primary N) is 1. The van der Waals surface area contributed by atoms with Crippen molar-refractivity contribution in [3.05, 3.63) is 88.2 Å². The van der Waals surface area contributed by atoms with Gasteiger partial charge in [0.2, 0.25) is 10.0 Å². The first-order valence-electron chi connectivity index (χ1n) is 9.38. The summed E-state index contributed by atoms with van der Waals surface area (Å²) in [5.41, 5.74) is 2.69. The molecule has 0 saturated heterocycles. The number of primary sulfonamides is 1. The highest BCUT2D eigenvalue weighted by Gasteiger charge is 2.23. The predicted octanol–water partition coefficient (Wildman–Crippen LogP) is 4.48. The molecule has 0 radical (unpaired) electrons. The van der Waals surface area contributed by atoms with E-state index in [1.54, 1.807) is 12.1 Å². The highest BCUT2D eigenvalue weighted by Crippen LogP contribution is 2.33. The molecule has 0 bridgehead atoms. The van der Waals surface area contributed by atoms with E-state index in [1.807, 2.05) is 30.3 Å². The largest absolute Gasteiger partial charge is 0.455 e. The van der Waals surface area contributed by atoms with Gasteiger partial charge in [0.25, 0.3) is 0 Å². The van der Waals surface area contributed by atoms with Gasteiger partial charge in [-0.2, -0.15) is 0 Å². The van der Waals surface area contributed by atoms with Crippen LogP contribution in [0.5, 0.6) is 11.5 Å². The Labute approximate surface area is 179 Å². The number of sulfonamides is 1. The lowest BCUT2D eigenvalue weighted by Gasteiger charge is -2.30. The molecule has 156 valence electrons. The Hall–Kier alpha value is -2.45. The van der Waals surface area contributed by atoms with E-state index in [-0.39, 0.29) is 9.92 Å². The molecule has 2 N–H and O–H groups in total. The van der Waals surface area contributed by atoms with Gasteiger partial charge in [-0.3, -0.25) is 4.90 Å². The van der Waals surface area contributed by atoms with Crippen LogP contribution in [0, 0.1) is 5.82 Å². The molecule has 0 saturated carbocycles. The molecule has 8 heteroatoms. The number of benzene rings is 3. The summed E-state index contributed by atoms with van der Waals surface area (Å²) in [4.78, 5) is 2.42. The third-order valence-electron chi connectivity index (χ3n) is 5.09. The van der Waals surface area contributed by atoms with Gasteiger partial charge in [0.05, 0.1) is 9.92 Å². The number of para-hydroxylation sites is 1. The number of hydrogen-bond donors (Lipinski definition) is 1. The molecule has 1 aliphatic heterocycles. The zero-order chi connectivity index (χ0) is 21.3. The topological polar surface area (TPSA) is 72.6 Å². The Morgan fingerprint density at radius 3 is 2.63 bits per heavy atom. The van der Waals surface area contributed by atoms with Gasteiger partial charge in [0.1, 0.15) is 17.3 Å². The van der Waals surface area contributed by atoms with Crippen molar-refractivity contribution in [3.63, 3.8) is 0 Å². The molecule has 0 amide bonds. The van der Waals surface area contributed by atoms with E-state index in [0.717, 1.165) is 16.7 Å². The van der Waals surface area contributed by atoms with Crippen molar-refractivity contribution in [3.8, 4) is 11.5 Å². The van der Waals surface area contributed by atoms with Crippen molar-refractivity contribution in [2.45, 2.75) is 24.4 Å². The number of rotatable bonds is 5. The van der Waals surface area contributed by atoms with Crippen LogP contribution in [0.2, 0.25) is 5.02 Å². The molecule has 3 aromatic rings. The smallest absolute Gasteiger partial charge is 0.238 e. The monoisotopic (exact) mass is 446 g/mol. The van der Waals surface area contributed by atoms with Gasteiger partial charge in [-0.15, -0.1) is 0 Å². The molecular weight excluding hydrogens is 427 g/mol. The molecule has 0 spiro atoms. The van der Waals surface area contributed by atoms with E-state index in [2.05, 4.69) is 4.90 Å². The first kappa shape index (κ1) is 20.8. The van der Waals surface area contributed by atoms with Crippen LogP contribution in [0.25, 0.3) is 0 Å². The highest BCUT2D eigenvalue weighted by atomic mass is 35.5. The number of hydrogen-bond acceptors (Lipinski definition) is 4. The quantitative estimate of drug-likeness (QED) is 0.627. The number of halogens is 2. The van der Waals surface area contributed by atoms with E-state index >= 15 is 0 Å². The Morgan fingerprint density at radius 1 is 1.07 bits per heavy atom. The van der Waals surface area contributed by atoms with Gasteiger partial charge in [-0.25, -0.2) is 17.9 Å². The highest BCUT2D eigenvalue weighted by molar-refractivity contribution is 7.89. The molecule has 1 heterocycles. The van der Waals surface area contributed by atoms with Crippen LogP contribution in [0.3, 0.4) is 0 Å². The molecule has 0 unspecified atom stereocenters. The molecular formula is C22H20ClFN2O3S. The third-order valence-corrected chi connectivity index (χ3v) is 6.38. The van der Waals surface area contributed by atoms with Crippen molar-refractivity contribution in [2.75, 3.05) is 6.54 Å². The van der Waals surface area contributed by atoms with Crippen LogP contribution in [0.4, 0.5) is 4.39 Å². The van der Waals surface area contributed by atoms with Gasteiger partial charge < -0.3 is 4.74 Å². The first-order valence-corrected chi connectivity index (χ1v) is 11.3. The van der Waals surface area contributed by atoms with Crippen LogP contribution < -0.4 is 9.88 Å². The van der Waals surface area contributed by atoms with Gasteiger partial charge in [-0.05, 0) is 47.9 Å². The maximum atomic E-state index is 13.3. The average Bonchev–Trinajstić information content (AvgIpc) is 2.70. The zero-order valence-corrected chi connectivity index (χ0v) is 17.6. The minimum absolute atomic E-state index is 0.201. The van der Waals surface area contributed by atoms with Gasteiger partial charge >= 0.3 is 0 Å². The molecule has 1 aliphatic rings. The SMILES string of the molecule is NS(=O)(=O)c1cccc2c1CCN(Cc1ccccc1Oc1ccc(F)cc1Cl)C2. The van der Waals surface area contributed by atoms with Crippen LogP contribution in [0.1, 0.15) is 16.7 Å². The number of fused-ring (bicyclic) bond motifs is 1. The summed E-state index contributed by atoms with van der Waals surface area (Å²) in [6.45, 7) is 1.89. The molecule has 0 aromatic heterocycles. The van der Waals surface area contributed by atoms with Crippen LogP contribution in [-0.2, 0) is 29.5 Å². The van der Waals surface area contributed by atoms with Crippen LogP contribution >= 0.6 is 11.6 Å². The van der Waals surface area contributed by atoms with Crippen molar-refractivity contribution in [1.29, 1.82) is 0 Å². The zero-order valence-electron chi connectivity index (χ0n) is 16.0. The molecule has 0 aliphatic carbocycles. The molecule has 3 aromatic carbocycles. The fourth-order valence-corrected chi connectivity index (χ4v) is 4.74. The van der Waals surface area contributed by atoms with Crippen molar-refractivity contribution < 1.29 is 17.5 Å². The van der Waals surface area contributed by atoms with E-state index in [9.17, 15) is 12.8 Å². The van der Waals surface area contributed by atoms with Crippen molar-refractivity contribution >= 4 is 21.6 Å². The Kier molecular flexibility index (Phi) is 5.79. The maximum absolute atomic E-state index is 13.3. The lowest BCUT2D eigenvalue weighted by Crippen LogP contribution is -2.31. The van der Waals surface area contributed by atoms with Gasteiger partial charge in [0.15, 0.2) is 0 Å². The second kappa shape index (κ2) is 8.35. The minimum atomic E-state index is -3.75. The summed E-state index contributed by atoms with van der Waals surface area (Å²) >= 11 is 6.10. The van der Waals surface area contributed by atoms with E-state index in [0.29, 0.717) is 37.6 Å². The fourth-order valence-electron chi connectivity index (χ4n) is 3.69. The molecule has 30 heavy (non-hydrogen) atoms. The van der Waals surface area contributed by atoms with Gasteiger partial charge in [0, 0.05) is 25.2 Å². The summed E-state index contributed by atoms with van der Waals surface area (Å²) in [5.74, 6) is 0.592. The summed E-state index contributed by atoms with van der Waals surface area (Å²) in [7, 11) is -3.75. The lowest BCUT2D eigenvalue weighted by molar-refractivity contribution is 0.241. The molecule has 0 atom stereocenters. The van der Waals surface area contributed by atoms with Crippen LogP contribution in [0.15, 0.2) is 65.6 Å². The maximum Gasteiger partial charge on any atom is 0.238 e. The average molecular weight is 447 g/mol. The number of ether oxygens (including phenoxy) is 1. The van der Waals surface area contributed by atoms with E-state index in [4.69, 9.17) is 21.5 Å². The van der Waals surface area contributed by atoms with E-state index < -0.39 is 15.8 Å². The molecule has 0 fully saturated rings. The number of nitrogens with zero attached hydrogens (tertiary/aromatic N) is 1. The predicted molar refractivity (Wildman–Crippen MR) is 114 cm³/mol. The van der Waals surface area contributed by atoms with Gasteiger partial charge in [-0.1, -0.05) is 41.9 Å². The molecule has 5 nitrogen and oxygen atoms in total.